The number of hydrogen-bond donors (Lipinski definition) is 0. The summed E-state index contributed by atoms with van der Waals surface area (Å²) in [6.45, 7) is 0. The molecule has 0 N–H and O–H groups in total. The van der Waals surface area contributed by atoms with Crippen molar-refractivity contribution in [1.82, 2.24) is 9.13 Å². The molecule has 0 aliphatic rings. The zero-order valence-electron chi connectivity index (χ0n) is 41.6. The van der Waals surface area contributed by atoms with E-state index in [1.165, 1.54) is 89.7 Å². The van der Waals surface area contributed by atoms with Crippen molar-refractivity contribution in [2.24, 2.45) is 0 Å². The van der Waals surface area contributed by atoms with E-state index in [0.29, 0.717) is 0 Å². The van der Waals surface area contributed by atoms with Crippen LogP contribution in [-0.2, 0) is 0 Å². The quantitative estimate of drug-likeness (QED) is 0.148. The zero-order valence-corrected chi connectivity index (χ0v) is 43.3. The molecule has 12 aromatic carbocycles. The molecular weight excluding hydrogens is 971 g/mol. The highest BCUT2D eigenvalue weighted by molar-refractivity contribution is 7.26. The number of aromatic nitrogens is 2. The molecule has 0 amide bonds. The van der Waals surface area contributed by atoms with Gasteiger partial charge in [0.25, 0.3) is 0 Å². The number of para-hydroxylation sites is 3. The van der Waals surface area contributed by atoms with E-state index in [-0.39, 0.29) is 0 Å². The summed E-state index contributed by atoms with van der Waals surface area (Å²) in [6.07, 6.45) is 0. The summed E-state index contributed by atoms with van der Waals surface area (Å²) in [5.74, 6) is 0. The SMILES string of the molecule is c1ccc(-c2cccc(N(c3ccccc3)c3cc(-n4c5ccccc5c5c(-c6cccc7sc8ccccc8c67)cccc54)cc(-n4c5ccccc5c5c(-c6cccc7sc8ccccc8c67)cccc54)c3)c2)cc1. The smallest absolute Gasteiger partial charge is 0.0547 e. The Labute approximate surface area is 452 Å². The lowest BCUT2D eigenvalue weighted by molar-refractivity contribution is 1.12. The van der Waals surface area contributed by atoms with Crippen LogP contribution in [0.5, 0.6) is 0 Å². The van der Waals surface area contributed by atoms with Crippen LogP contribution in [-0.4, -0.2) is 9.13 Å². The Hall–Kier alpha value is -9.52. The van der Waals surface area contributed by atoms with E-state index in [9.17, 15) is 0 Å². The minimum atomic E-state index is 1.04. The van der Waals surface area contributed by atoms with Gasteiger partial charge in [-0.25, -0.2) is 0 Å². The van der Waals surface area contributed by atoms with Crippen LogP contribution in [0.2, 0.25) is 0 Å². The van der Waals surface area contributed by atoms with E-state index in [0.717, 1.165) is 56.1 Å². The number of benzene rings is 12. The van der Waals surface area contributed by atoms with Crippen molar-refractivity contribution in [3.63, 3.8) is 0 Å². The van der Waals surface area contributed by atoms with E-state index in [4.69, 9.17) is 0 Å². The predicted molar refractivity (Wildman–Crippen MR) is 332 cm³/mol. The normalized spacial score (nSPS) is 11.9. The fourth-order valence-electron chi connectivity index (χ4n) is 12.5. The van der Waals surface area contributed by atoms with Gasteiger partial charge in [0, 0.05) is 73.3 Å². The van der Waals surface area contributed by atoms with Crippen molar-refractivity contribution in [3.05, 3.63) is 273 Å². The Kier molecular flexibility index (Phi) is 9.99. The Morgan fingerprint density at radius 2 is 0.636 bits per heavy atom. The maximum Gasteiger partial charge on any atom is 0.0547 e. The molecule has 0 radical (unpaired) electrons. The molecule has 0 atom stereocenters. The minimum Gasteiger partial charge on any atom is -0.310 e. The van der Waals surface area contributed by atoms with Gasteiger partial charge in [0.2, 0.25) is 0 Å². The van der Waals surface area contributed by atoms with E-state index in [1.54, 1.807) is 0 Å². The summed E-state index contributed by atoms with van der Waals surface area (Å²) in [5.41, 5.74) is 17.2. The van der Waals surface area contributed by atoms with Crippen molar-refractivity contribution < 1.29 is 0 Å². The third-order valence-corrected chi connectivity index (χ3v) is 17.9. The van der Waals surface area contributed by atoms with Gasteiger partial charge in [-0.3, -0.25) is 0 Å². The summed E-state index contributed by atoms with van der Waals surface area (Å²) < 4.78 is 10.2. The first-order chi connectivity index (χ1) is 38.2. The van der Waals surface area contributed by atoms with E-state index in [2.05, 4.69) is 287 Å². The van der Waals surface area contributed by atoms with Gasteiger partial charge in [0.15, 0.2) is 0 Å². The van der Waals surface area contributed by atoms with Gasteiger partial charge in [-0.15, -0.1) is 22.7 Å². The second-order valence-electron chi connectivity index (χ2n) is 20.0. The van der Waals surface area contributed by atoms with Gasteiger partial charge >= 0.3 is 0 Å². The fourth-order valence-corrected chi connectivity index (χ4v) is 14.8. The standard InChI is InChI=1S/C72H45N3S2/c1-3-20-46(21-4-1)47-22-15-25-49(42-47)73(48-23-5-2-6-24-48)50-43-51(74-61-34-11-7-26-57(61)69-53(30-16-36-63(69)74)55-32-18-40-67-71(55)59-28-9-13-38-65(59)76-67)45-52(44-50)75-62-35-12-8-27-58(62)70-54(31-17-37-64(70)75)56-33-19-41-68-72(56)60-29-10-14-39-66(60)77-68/h1-45H. The number of nitrogens with zero attached hydrogens (tertiary/aromatic N) is 3. The van der Waals surface area contributed by atoms with Gasteiger partial charge in [-0.2, -0.15) is 0 Å². The van der Waals surface area contributed by atoms with Gasteiger partial charge < -0.3 is 14.0 Å². The summed E-state index contributed by atoms with van der Waals surface area (Å²) >= 11 is 3.74. The first kappa shape index (κ1) is 43.8. The minimum absolute atomic E-state index is 1.04. The Balaban J connectivity index is 1.00. The number of thiophene rings is 2. The topological polar surface area (TPSA) is 13.1 Å². The number of fused-ring (bicyclic) bond motifs is 12. The molecule has 4 aromatic heterocycles. The van der Waals surface area contributed by atoms with Crippen molar-refractivity contribution >= 4 is 124 Å². The fraction of sp³-hybridized carbons (Fsp3) is 0. The van der Waals surface area contributed by atoms with Crippen molar-refractivity contribution in [2.45, 2.75) is 0 Å². The summed E-state index contributed by atoms with van der Waals surface area (Å²) in [5, 5.41) is 10.1. The number of rotatable bonds is 8. The highest BCUT2D eigenvalue weighted by Gasteiger charge is 2.24. The number of anilines is 3. The molecule has 0 saturated heterocycles. The maximum absolute atomic E-state index is 2.51. The van der Waals surface area contributed by atoms with Gasteiger partial charge in [-0.05, 0) is 124 Å². The van der Waals surface area contributed by atoms with Crippen LogP contribution in [0.3, 0.4) is 0 Å². The lowest BCUT2D eigenvalue weighted by Crippen LogP contribution is -2.12. The lowest BCUT2D eigenvalue weighted by atomic mass is 9.95. The molecule has 16 rings (SSSR count). The monoisotopic (exact) mass is 1020 g/mol. The molecule has 4 heterocycles. The van der Waals surface area contributed by atoms with Crippen LogP contribution < -0.4 is 4.90 Å². The van der Waals surface area contributed by atoms with Crippen LogP contribution in [0.25, 0.3) is 129 Å². The first-order valence-corrected chi connectivity index (χ1v) is 27.9. The largest absolute Gasteiger partial charge is 0.310 e. The van der Waals surface area contributed by atoms with Gasteiger partial charge in [0.05, 0.1) is 39.1 Å². The Bertz CT molecular complexity index is 4750. The van der Waals surface area contributed by atoms with Crippen LogP contribution in [0.15, 0.2) is 273 Å². The van der Waals surface area contributed by atoms with Gasteiger partial charge in [0.1, 0.15) is 0 Å². The number of hydrogen-bond acceptors (Lipinski definition) is 3. The summed E-state index contributed by atoms with van der Waals surface area (Å²) in [7, 11) is 0. The van der Waals surface area contributed by atoms with Crippen LogP contribution >= 0.6 is 22.7 Å². The second kappa shape index (κ2) is 17.5. The second-order valence-corrected chi connectivity index (χ2v) is 22.1. The Morgan fingerprint density at radius 1 is 0.247 bits per heavy atom. The predicted octanol–water partition coefficient (Wildman–Crippen LogP) is 21.1. The van der Waals surface area contributed by atoms with Crippen LogP contribution in [0.4, 0.5) is 17.1 Å². The molecule has 0 unspecified atom stereocenters. The molecular formula is C72H45N3S2. The highest BCUT2D eigenvalue weighted by atomic mass is 32.1. The van der Waals surface area contributed by atoms with E-state index < -0.39 is 0 Å². The lowest BCUT2D eigenvalue weighted by Gasteiger charge is -2.28. The first-order valence-electron chi connectivity index (χ1n) is 26.2. The molecule has 77 heavy (non-hydrogen) atoms. The molecule has 0 fully saturated rings. The highest BCUT2D eigenvalue weighted by Crippen LogP contribution is 2.48. The molecule has 0 spiro atoms. The molecule has 0 aliphatic carbocycles. The average molecular weight is 1020 g/mol. The zero-order chi connectivity index (χ0) is 50.6. The van der Waals surface area contributed by atoms with Crippen molar-refractivity contribution in [1.29, 1.82) is 0 Å². The maximum atomic E-state index is 2.51. The van der Waals surface area contributed by atoms with E-state index in [1.807, 2.05) is 22.7 Å². The molecule has 5 heteroatoms. The van der Waals surface area contributed by atoms with Crippen LogP contribution in [0.1, 0.15) is 0 Å². The Morgan fingerprint density at radius 3 is 1.18 bits per heavy atom. The van der Waals surface area contributed by atoms with E-state index >= 15 is 0 Å². The molecule has 16 aromatic rings. The molecule has 3 nitrogen and oxygen atoms in total. The third-order valence-electron chi connectivity index (χ3n) is 15.7. The molecule has 0 saturated carbocycles. The molecule has 0 bridgehead atoms. The van der Waals surface area contributed by atoms with Crippen LogP contribution in [0, 0.1) is 0 Å². The molecule has 360 valence electrons. The van der Waals surface area contributed by atoms with Crippen molar-refractivity contribution in [2.75, 3.05) is 4.90 Å². The average Bonchev–Trinajstić information content (AvgIpc) is 4.39. The third kappa shape index (κ3) is 6.88. The summed E-state index contributed by atoms with van der Waals surface area (Å²) in [4.78, 5) is 2.43. The summed E-state index contributed by atoms with van der Waals surface area (Å²) in [6, 6.07) is 101. The molecule has 0 aliphatic heterocycles. The van der Waals surface area contributed by atoms with Gasteiger partial charge in [-0.1, -0.05) is 182 Å². The van der Waals surface area contributed by atoms with Crippen molar-refractivity contribution in [3.8, 4) is 44.8 Å².